The van der Waals surface area contributed by atoms with Crippen molar-refractivity contribution in [1.82, 2.24) is 15.0 Å². The lowest BCUT2D eigenvalue weighted by atomic mass is 9.74. The smallest absolute Gasteiger partial charge is 0.158 e. The van der Waals surface area contributed by atoms with Crippen molar-refractivity contribution < 1.29 is 0 Å². The first-order valence-corrected chi connectivity index (χ1v) is 10.4. The van der Waals surface area contributed by atoms with Crippen LogP contribution >= 0.6 is 23.4 Å². The fraction of sp³-hybridized carbons (Fsp3) is 0.500. The van der Waals surface area contributed by atoms with E-state index in [2.05, 4.69) is 19.9 Å². The molecule has 2 aromatic heterocycles. The molecular formula is C18H24ClN7S. The molecule has 0 bridgehead atoms. The van der Waals surface area contributed by atoms with Crippen LogP contribution in [0.15, 0.2) is 28.4 Å². The standard InChI is InChI=1S/C18H24ClN7S/c19-14-11(3-7-23-15(14)21)27-17-16(22)25-13(10-24-17)26-8-5-18(6-9-26)4-1-2-12(18)20/h3,7,10,12H,1-2,4-6,8-9,20H2,(H2,21,23)(H2,22,25)/t12-/m1/s1. The van der Waals surface area contributed by atoms with Crippen LogP contribution < -0.4 is 22.1 Å². The number of piperidine rings is 1. The van der Waals surface area contributed by atoms with Gasteiger partial charge in [-0.05, 0) is 37.2 Å². The lowest BCUT2D eigenvalue weighted by molar-refractivity contribution is 0.197. The second-order valence-electron chi connectivity index (χ2n) is 7.38. The van der Waals surface area contributed by atoms with E-state index in [1.807, 2.05) is 0 Å². The molecule has 3 heterocycles. The van der Waals surface area contributed by atoms with E-state index in [1.165, 1.54) is 24.6 Å². The average molecular weight is 406 g/mol. The second kappa shape index (κ2) is 7.33. The van der Waals surface area contributed by atoms with E-state index in [1.54, 1.807) is 18.5 Å². The van der Waals surface area contributed by atoms with Gasteiger partial charge in [0, 0.05) is 30.2 Å². The van der Waals surface area contributed by atoms with Crippen LogP contribution in [-0.2, 0) is 0 Å². The van der Waals surface area contributed by atoms with Gasteiger partial charge in [0.05, 0.1) is 11.2 Å². The zero-order valence-electron chi connectivity index (χ0n) is 15.1. The van der Waals surface area contributed by atoms with Gasteiger partial charge in [-0.15, -0.1) is 0 Å². The molecule has 1 atom stereocenters. The van der Waals surface area contributed by atoms with Crippen LogP contribution in [0.4, 0.5) is 17.5 Å². The summed E-state index contributed by atoms with van der Waals surface area (Å²) in [5, 5.41) is 1.01. The van der Waals surface area contributed by atoms with Gasteiger partial charge in [-0.1, -0.05) is 29.8 Å². The molecule has 2 aliphatic rings. The Morgan fingerprint density at radius 2 is 1.93 bits per heavy atom. The highest BCUT2D eigenvalue weighted by Crippen LogP contribution is 2.46. The number of hydrogen-bond acceptors (Lipinski definition) is 8. The molecule has 0 radical (unpaired) electrons. The van der Waals surface area contributed by atoms with Crippen LogP contribution in [0.25, 0.3) is 0 Å². The quantitative estimate of drug-likeness (QED) is 0.712. The Hall–Kier alpha value is -1.77. The van der Waals surface area contributed by atoms with E-state index < -0.39 is 0 Å². The SMILES string of the molecule is Nc1nc(N2CCC3(CCC[C@H]3N)CC2)cnc1Sc1ccnc(N)c1Cl. The van der Waals surface area contributed by atoms with Crippen LogP contribution in [0.1, 0.15) is 32.1 Å². The molecule has 1 spiro atoms. The normalized spacial score (nSPS) is 21.7. The van der Waals surface area contributed by atoms with Crippen molar-refractivity contribution in [2.45, 2.75) is 48.1 Å². The first kappa shape index (κ1) is 18.6. The molecule has 6 N–H and O–H groups in total. The number of pyridine rings is 1. The Kier molecular flexibility index (Phi) is 5.05. The number of rotatable bonds is 3. The summed E-state index contributed by atoms with van der Waals surface area (Å²) in [6, 6.07) is 2.12. The van der Waals surface area contributed by atoms with Crippen molar-refractivity contribution in [2.75, 3.05) is 29.5 Å². The topological polar surface area (TPSA) is 120 Å². The monoisotopic (exact) mass is 405 g/mol. The third-order valence-electron chi connectivity index (χ3n) is 5.90. The van der Waals surface area contributed by atoms with Crippen LogP contribution in [0.3, 0.4) is 0 Å². The number of nitrogen functional groups attached to an aromatic ring is 2. The lowest BCUT2D eigenvalue weighted by Gasteiger charge is -2.42. The van der Waals surface area contributed by atoms with Gasteiger partial charge in [0.25, 0.3) is 0 Å². The Balaban J connectivity index is 1.47. The molecule has 1 aliphatic carbocycles. The third kappa shape index (κ3) is 3.53. The Morgan fingerprint density at radius 3 is 2.59 bits per heavy atom. The van der Waals surface area contributed by atoms with Gasteiger partial charge in [-0.3, -0.25) is 0 Å². The summed E-state index contributed by atoms with van der Waals surface area (Å²) in [6.07, 6.45) is 9.27. The Morgan fingerprint density at radius 1 is 1.15 bits per heavy atom. The highest BCUT2D eigenvalue weighted by atomic mass is 35.5. The number of aromatic nitrogens is 3. The molecule has 27 heavy (non-hydrogen) atoms. The number of nitrogens with zero attached hydrogens (tertiary/aromatic N) is 4. The van der Waals surface area contributed by atoms with E-state index in [-0.39, 0.29) is 5.82 Å². The van der Waals surface area contributed by atoms with Gasteiger partial charge in [-0.25, -0.2) is 15.0 Å². The van der Waals surface area contributed by atoms with E-state index in [4.69, 9.17) is 28.8 Å². The van der Waals surface area contributed by atoms with Crippen molar-refractivity contribution in [1.29, 1.82) is 0 Å². The van der Waals surface area contributed by atoms with E-state index >= 15 is 0 Å². The minimum atomic E-state index is 0.289. The minimum Gasteiger partial charge on any atom is -0.382 e. The molecule has 0 aromatic carbocycles. The zero-order valence-corrected chi connectivity index (χ0v) is 16.6. The highest BCUT2D eigenvalue weighted by Gasteiger charge is 2.43. The Labute approximate surface area is 168 Å². The highest BCUT2D eigenvalue weighted by molar-refractivity contribution is 7.99. The van der Waals surface area contributed by atoms with Crippen molar-refractivity contribution >= 4 is 40.8 Å². The van der Waals surface area contributed by atoms with Crippen molar-refractivity contribution in [3.05, 3.63) is 23.5 Å². The van der Waals surface area contributed by atoms with Gasteiger partial charge in [0.15, 0.2) is 5.82 Å². The molecule has 7 nitrogen and oxygen atoms in total. The second-order valence-corrected chi connectivity index (χ2v) is 8.79. The molecule has 1 saturated heterocycles. The predicted octanol–water partition coefficient (Wildman–Crippen LogP) is 2.94. The van der Waals surface area contributed by atoms with E-state index in [0.717, 1.165) is 43.1 Å². The molecule has 2 fully saturated rings. The van der Waals surface area contributed by atoms with Crippen LogP contribution in [0.2, 0.25) is 5.02 Å². The fourth-order valence-corrected chi connectivity index (χ4v) is 5.22. The van der Waals surface area contributed by atoms with Gasteiger partial charge < -0.3 is 22.1 Å². The summed E-state index contributed by atoms with van der Waals surface area (Å²) in [6.45, 7) is 1.89. The van der Waals surface area contributed by atoms with Crippen molar-refractivity contribution in [3.8, 4) is 0 Å². The maximum atomic E-state index is 6.38. The Bertz CT molecular complexity index is 838. The molecule has 1 saturated carbocycles. The first-order chi connectivity index (χ1) is 13.0. The van der Waals surface area contributed by atoms with Gasteiger partial charge in [0.1, 0.15) is 16.7 Å². The van der Waals surface area contributed by atoms with E-state index in [0.29, 0.717) is 27.3 Å². The summed E-state index contributed by atoms with van der Waals surface area (Å²) >= 11 is 7.54. The van der Waals surface area contributed by atoms with Crippen molar-refractivity contribution in [2.24, 2.45) is 11.1 Å². The molecule has 0 unspecified atom stereocenters. The fourth-order valence-electron chi connectivity index (χ4n) is 4.21. The maximum Gasteiger partial charge on any atom is 0.158 e. The summed E-state index contributed by atoms with van der Waals surface area (Å²) < 4.78 is 0. The summed E-state index contributed by atoms with van der Waals surface area (Å²) in [7, 11) is 0. The summed E-state index contributed by atoms with van der Waals surface area (Å²) in [5.41, 5.74) is 18.6. The average Bonchev–Trinajstić information content (AvgIpc) is 3.01. The van der Waals surface area contributed by atoms with Gasteiger partial charge in [-0.2, -0.15) is 0 Å². The van der Waals surface area contributed by atoms with E-state index in [9.17, 15) is 0 Å². The predicted molar refractivity (Wildman–Crippen MR) is 110 cm³/mol. The van der Waals surface area contributed by atoms with Crippen LogP contribution in [0.5, 0.6) is 0 Å². The molecule has 4 rings (SSSR count). The van der Waals surface area contributed by atoms with Gasteiger partial charge in [0.2, 0.25) is 0 Å². The summed E-state index contributed by atoms with van der Waals surface area (Å²) in [4.78, 5) is 16.1. The minimum absolute atomic E-state index is 0.289. The molecule has 1 aliphatic heterocycles. The number of hydrogen-bond donors (Lipinski definition) is 3. The number of halogens is 1. The lowest BCUT2D eigenvalue weighted by Crippen LogP contribution is -2.47. The van der Waals surface area contributed by atoms with Crippen molar-refractivity contribution in [3.63, 3.8) is 0 Å². The maximum absolute atomic E-state index is 6.38. The number of nitrogens with two attached hydrogens (primary N) is 3. The van der Waals surface area contributed by atoms with Crippen LogP contribution in [0, 0.1) is 5.41 Å². The van der Waals surface area contributed by atoms with Gasteiger partial charge >= 0.3 is 0 Å². The first-order valence-electron chi connectivity index (χ1n) is 9.19. The molecule has 2 aromatic rings. The third-order valence-corrected chi connectivity index (χ3v) is 7.48. The largest absolute Gasteiger partial charge is 0.382 e. The zero-order chi connectivity index (χ0) is 19.0. The summed E-state index contributed by atoms with van der Waals surface area (Å²) in [5.74, 6) is 1.50. The molecular weight excluding hydrogens is 382 g/mol. The molecule has 0 amide bonds. The van der Waals surface area contributed by atoms with Crippen LogP contribution in [-0.4, -0.2) is 34.1 Å². The molecule has 9 heteroatoms. The number of anilines is 3. The molecule has 144 valence electrons.